The molecule has 39 heavy (non-hydrogen) atoms. The molecule has 0 saturated carbocycles. The number of aliphatic carboxylic acids is 1. The molecule has 210 valence electrons. The molecule has 0 aromatic heterocycles. The molecule has 3 rings (SSSR count). The number of rotatable bonds is 13. The van der Waals surface area contributed by atoms with E-state index in [2.05, 4.69) is 30.9 Å². The van der Waals surface area contributed by atoms with Gasteiger partial charge in [0.1, 0.15) is 5.76 Å². The summed E-state index contributed by atoms with van der Waals surface area (Å²) in [5, 5.41) is 8.73. The number of allylic oxidation sites excluding steroid dienone is 4. The number of benzene rings is 2. The molecule has 0 fully saturated rings. The van der Waals surface area contributed by atoms with Crippen LogP contribution in [0.1, 0.15) is 55.7 Å². The highest BCUT2D eigenvalue weighted by atomic mass is 35.5. The summed E-state index contributed by atoms with van der Waals surface area (Å²) in [6.45, 7) is 6.25. The number of halogens is 4. The number of nitrogens with zero attached hydrogens (tertiary/aromatic N) is 1. The van der Waals surface area contributed by atoms with Crippen molar-refractivity contribution in [2.45, 2.75) is 51.7 Å². The van der Waals surface area contributed by atoms with Gasteiger partial charge in [-0.25, -0.2) is 4.79 Å². The summed E-state index contributed by atoms with van der Waals surface area (Å²) >= 11 is 6.26. The van der Waals surface area contributed by atoms with Gasteiger partial charge in [0.25, 0.3) is 0 Å². The van der Waals surface area contributed by atoms with E-state index in [0.717, 1.165) is 18.6 Å². The van der Waals surface area contributed by atoms with E-state index in [0.29, 0.717) is 55.4 Å². The maximum Gasteiger partial charge on any atom is 0.417 e. The molecule has 1 N–H and O–H groups in total. The summed E-state index contributed by atoms with van der Waals surface area (Å²) in [6.07, 6.45) is 3.91. The molecule has 8 heteroatoms. The number of carbonyl (C=O) groups is 1. The first-order valence-corrected chi connectivity index (χ1v) is 13.5. The van der Waals surface area contributed by atoms with E-state index >= 15 is 0 Å². The molecule has 0 aliphatic heterocycles. The molecule has 0 amide bonds. The van der Waals surface area contributed by atoms with Gasteiger partial charge in [-0.15, -0.1) is 0 Å². The molecule has 4 nitrogen and oxygen atoms in total. The van der Waals surface area contributed by atoms with Crippen molar-refractivity contribution in [3.05, 3.63) is 106 Å². The average molecular weight is 562 g/mol. The average Bonchev–Trinajstić information content (AvgIpc) is 2.86. The number of alkyl halides is 3. The zero-order valence-electron chi connectivity index (χ0n) is 22.3. The summed E-state index contributed by atoms with van der Waals surface area (Å²) in [6, 6.07) is 14.2. The van der Waals surface area contributed by atoms with E-state index in [9.17, 15) is 18.0 Å². The molecule has 0 saturated heterocycles. The number of hydrogen-bond acceptors (Lipinski definition) is 3. The Hall–Kier alpha value is -3.03. The van der Waals surface area contributed by atoms with E-state index in [-0.39, 0.29) is 17.5 Å². The molecule has 1 aliphatic carbocycles. The summed E-state index contributed by atoms with van der Waals surface area (Å²) in [5.41, 5.74) is 1.46. The van der Waals surface area contributed by atoms with Crippen LogP contribution in [0.2, 0.25) is 5.02 Å². The monoisotopic (exact) mass is 561 g/mol. The summed E-state index contributed by atoms with van der Waals surface area (Å²) in [7, 11) is 0. The SMILES string of the molecule is CC(C)C[C@H](CN(CCCOC1=CC=C/C(=C\C(=O)O)C1)Cc1cccc(C(F)(F)F)c1Cl)c1ccccc1. The van der Waals surface area contributed by atoms with Gasteiger partial charge in [0.15, 0.2) is 0 Å². The Morgan fingerprint density at radius 1 is 1.15 bits per heavy atom. The Labute approximate surface area is 233 Å². The van der Waals surface area contributed by atoms with E-state index in [1.165, 1.54) is 11.6 Å². The molecule has 2 aromatic carbocycles. The van der Waals surface area contributed by atoms with E-state index < -0.39 is 17.7 Å². The lowest BCUT2D eigenvalue weighted by Crippen LogP contribution is -2.31. The second-order valence-electron chi connectivity index (χ2n) is 10.2. The molecule has 0 heterocycles. The van der Waals surface area contributed by atoms with Crippen molar-refractivity contribution >= 4 is 17.6 Å². The van der Waals surface area contributed by atoms with Gasteiger partial charge in [-0.1, -0.05) is 80.1 Å². The second-order valence-corrected chi connectivity index (χ2v) is 10.6. The minimum Gasteiger partial charge on any atom is -0.498 e. The van der Waals surface area contributed by atoms with Crippen molar-refractivity contribution in [3.8, 4) is 0 Å². The molecule has 1 atom stereocenters. The maximum atomic E-state index is 13.5. The lowest BCUT2D eigenvalue weighted by molar-refractivity contribution is -0.137. The van der Waals surface area contributed by atoms with Crippen molar-refractivity contribution in [1.29, 1.82) is 0 Å². The van der Waals surface area contributed by atoms with E-state index in [1.54, 1.807) is 18.2 Å². The van der Waals surface area contributed by atoms with Crippen LogP contribution in [0.15, 0.2) is 84.2 Å². The lowest BCUT2D eigenvalue weighted by atomic mass is 9.89. The van der Waals surface area contributed by atoms with Gasteiger partial charge in [-0.05, 0) is 53.5 Å². The van der Waals surface area contributed by atoms with Gasteiger partial charge in [0, 0.05) is 32.1 Å². The predicted molar refractivity (Wildman–Crippen MR) is 148 cm³/mol. The summed E-state index contributed by atoms with van der Waals surface area (Å²) in [4.78, 5) is 13.1. The van der Waals surface area contributed by atoms with Crippen LogP contribution in [0, 0.1) is 5.92 Å². The van der Waals surface area contributed by atoms with E-state index in [4.69, 9.17) is 21.4 Å². The number of carboxylic acid groups (broad SMARTS) is 1. The first kappa shape index (κ1) is 30.5. The minimum absolute atomic E-state index is 0.201. The van der Waals surface area contributed by atoms with Crippen LogP contribution < -0.4 is 0 Å². The lowest BCUT2D eigenvalue weighted by Gasteiger charge is -2.30. The third-order valence-corrected chi connectivity index (χ3v) is 6.92. The first-order valence-electron chi connectivity index (χ1n) is 13.1. The zero-order chi connectivity index (χ0) is 28.4. The molecule has 1 aliphatic rings. The van der Waals surface area contributed by atoms with Crippen LogP contribution in [0.4, 0.5) is 13.2 Å². The van der Waals surface area contributed by atoms with Crippen LogP contribution >= 0.6 is 11.6 Å². The van der Waals surface area contributed by atoms with Crippen LogP contribution in [-0.2, 0) is 22.3 Å². The standard InChI is InChI=1S/C31H35ClF3NO3/c1-22(2)17-26(24-10-4-3-5-11-24)21-36(20-25-12-7-14-28(30(25)32)31(33,34)35)15-8-16-39-27-13-6-9-23(18-27)19-29(37)38/h3-7,9-14,19,22,26H,8,15-18,20-21H2,1-2H3,(H,37,38)/b23-19+/t26-/m1/s1. The van der Waals surface area contributed by atoms with Crippen molar-refractivity contribution in [1.82, 2.24) is 4.90 Å². The first-order chi connectivity index (χ1) is 18.5. The summed E-state index contributed by atoms with van der Waals surface area (Å²) < 4.78 is 46.4. The quantitative estimate of drug-likeness (QED) is 0.197. The Bertz CT molecular complexity index is 1190. The molecule has 0 spiro atoms. The van der Waals surface area contributed by atoms with Gasteiger partial charge in [0.05, 0.1) is 17.2 Å². The topological polar surface area (TPSA) is 49.8 Å². The fourth-order valence-corrected chi connectivity index (χ4v) is 5.06. The largest absolute Gasteiger partial charge is 0.498 e. The van der Waals surface area contributed by atoms with Crippen molar-refractivity contribution in [3.63, 3.8) is 0 Å². The van der Waals surface area contributed by atoms with Gasteiger partial charge < -0.3 is 9.84 Å². The fraction of sp³-hybridized carbons (Fsp3) is 0.387. The predicted octanol–water partition coefficient (Wildman–Crippen LogP) is 8.25. The number of carboxylic acids is 1. The molecule has 0 bridgehead atoms. The van der Waals surface area contributed by atoms with Crippen LogP contribution in [0.3, 0.4) is 0 Å². The second kappa shape index (κ2) is 14.4. The molecule has 0 radical (unpaired) electrons. The number of ether oxygens (including phenoxy) is 1. The molecule has 0 unspecified atom stereocenters. The zero-order valence-corrected chi connectivity index (χ0v) is 23.0. The smallest absolute Gasteiger partial charge is 0.417 e. The van der Waals surface area contributed by atoms with Crippen molar-refractivity contribution in [2.24, 2.45) is 5.92 Å². The van der Waals surface area contributed by atoms with Crippen LogP contribution in [-0.4, -0.2) is 35.7 Å². The highest BCUT2D eigenvalue weighted by Gasteiger charge is 2.34. The van der Waals surface area contributed by atoms with Gasteiger partial charge in [0.2, 0.25) is 0 Å². The maximum absolute atomic E-state index is 13.5. The Kier molecular flexibility index (Phi) is 11.3. The Morgan fingerprint density at radius 2 is 1.90 bits per heavy atom. The van der Waals surface area contributed by atoms with Gasteiger partial charge >= 0.3 is 12.1 Å². The van der Waals surface area contributed by atoms with Crippen LogP contribution in [0.25, 0.3) is 0 Å². The highest BCUT2D eigenvalue weighted by Crippen LogP contribution is 2.37. The molecular weight excluding hydrogens is 527 g/mol. The van der Waals surface area contributed by atoms with E-state index in [1.807, 2.05) is 24.3 Å². The van der Waals surface area contributed by atoms with Crippen LogP contribution in [0.5, 0.6) is 0 Å². The highest BCUT2D eigenvalue weighted by molar-refractivity contribution is 6.32. The molecular formula is C31H35ClF3NO3. The molecule has 2 aromatic rings. The third kappa shape index (κ3) is 9.90. The minimum atomic E-state index is -4.52. The fourth-order valence-electron chi connectivity index (χ4n) is 4.76. The van der Waals surface area contributed by atoms with Crippen molar-refractivity contribution < 1.29 is 27.8 Å². The van der Waals surface area contributed by atoms with Crippen molar-refractivity contribution in [2.75, 3.05) is 19.7 Å². The Morgan fingerprint density at radius 3 is 2.56 bits per heavy atom. The number of hydrogen-bond donors (Lipinski definition) is 1. The van der Waals surface area contributed by atoms with Gasteiger partial charge in [-0.2, -0.15) is 13.2 Å². The third-order valence-electron chi connectivity index (χ3n) is 6.47. The normalized spacial score (nSPS) is 15.6. The van der Waals surface area contributed by atoms with Gasteiger partial charge in [-0.3, -0.25) is 4.90 Å². The Balaban J connectivity index is 1.74. The summed E-state index contributed by atoms with van der Waals surface area (Å²) in [5.74, 6) is 0.317.